The van der Waals surface area contributed by atoms with Crippen LogP contribution in [0.25, 0.3) is 11.0 Å². The van der Waals surface area contributed by atoms with E-state index in [1.54, 1.807) is 37.4 Å². The zero-order valence-electron chi connectivity index (χ0n) is 28.4. The number of anilines is 3. The van der Waals surface area contributed by atoms with Crippen LogP contribution in [0.4, 0.5) is 17.1 Å². The Morgan fingerprint density at radius 1 is 1.04 bits per heavy atom. The number of carbonyl (C=O) groups is 2. The number of piperazine rings is 1. The summed E-state index contributed by atoms with van der Waals surface area (Å²) in [5, 5.41) is 9.11. The van der Waals surface area contributed by atoms with Crippen molar-refractivity contribution in [3.63, 3.8) is 0 Å². The van der Waals surface area contributed by atoms with Crippen molar-refractivity contribution in [3.8, 4) is 17.6 Å². The zero-order chi connectivity index (χ0) is 34.9. The number of para-hydroxylation sites is 1. The molecule has 1 N–H and O–H groups in total. The van der Waals surface area contributed by atoms with Crippen LogP contribution in [0, 0.1) is 18.3 Å². The first-order valence-corrected chi connectivity index (χ1v) is 16.2. The summed E-state index contributed by atoms with van der Waals surface area (Å²) in [6.45, 7) is 5.92. The summed E-state index contributed by atoms with van der Waals surface area (Å²) >= 11 is 0. The third-order valence-corrected chi connectivity index (χ3v) is 8.69. The van der Waals surface area contributed by atoms with Gasteiger partial charge >= 0.3 is 0 Å². The Morgan fingerprint density at radius 3 is 2.53 bits per heavy atom. The molecule has 12 nitrogen and oxygen atoms in total. The van der Waals surface area contributed by atoms with Gasteiger partial charge in [-0.1, -0.05) is 12.1 Å². The molecule has 0 saturated carbocycles. The Hall–Kier alpha value is -5.63. The second-order valence-corrected chi connectivity index (χ2v) is 12.0. The van der Waals surface area contributed by atoms with E-state index in [2.05, 4.69) is 38.8 Å². The Bertz CT molecular complexity index is 1900. The first kappa shape index (κ1) is 34.7. The van der Waals surface area contributed by atoms with Gasteiger partial charge in [0, 0.05) is 38.8 Å². The molecule has 3 aromatic carbocycles. The summed E-state index contributed by atoms with van der Waals surface area (Å²) in [5.41, 5.74) is 4.82. The number of aromatic amines is 1. The van der Waals surface area contributed by atoms with Crippen molar-refractivity contribution in [2.75, 3.05) is 63.8 Å². The standard InChI is InChI=1S/C37H41N7O5/c1-26-11-13-30(34(22-26)49-21-6-5-8-28(24-45)43-19-17-41(2)18-20-43)42(3)37(47)27-12-14-31(33(23-27)48-4)44(25-46)32-10-7-9-29-36(32)40-35(39-29)15-16-38/h7,9-14,22-23,25H,5-6,8,15,17-21H2,1-4H3,(H,39,40). The molecule has 12 heteroatoms. The number of benzene rings is 3. The first-order chi connectivity index (χ1) is 23.8. The lowest BCUT2D eigenvalue weighted by molar-refractivity contribution is -0.106. The van der Waals surface area contributed by atoms with Gasteiger partial charge < -0.3 is 29.2 Å². The van der Waals surface area contributed by atoms with Gasteiger partial charge in [0.05, 0.1) is 54.5 Å². The van der Waals surface area contributed by atoms with Crippen LogP contribution in [0.1, 0.15) is 41.0 Å². The number of likely N-dealkylation sites (N-methyl/N-ethyl adjacent to an activating group) is 1. The number of amides is 2. The summed E-state index contributed by atoms with van der Waals surface area (Å²) in [5.74, 6) is 3.25. The predicted molar refractivity (Wildman–Crippen MR) is 188 cm³/mol. The molecule has 1 aliphatic heterocycles. The normalized spacial score (nSPS) is 13.0. The van der Waals surface area contributed by atoms with E-state index in [-0.39, 0.29) is 12.3 Å². The Labute approximate surface area is 286 Å². The smallest absolute Gasteiger partial charge is 0.258 e. The van der Waals surface area contributed by atoms with Crippen molar-refractivity contribution in [3.05, 3.63) is 77.2 Å². The van der Waals surface area contributed by atoms with Crippen molar-refractivity contribution in [1.82, 2.24) is 19.8 Å². The molecule has 0 spiro atoms. The van der Waals surface area contributed by atoms with Gasteiger partial charge in [0.1, 0.15) is 28.8 Å². The van der Waals surface area contributed by atoms with E-state index < -0.39 is 0 Å². The Kier molecular flexibility index (Phi) is 11.3. The van der Waals surface area contributed by atoms with Gasteiger partial charge in [-0.25, -0.2) is 9.78 Å². The molecule has 2 heterocycles. The van der Waals surface area contributed by atoms with Gasteiger partial charge in [-0.05, 0) is 81.3 Å². The summed E-state index contributed by atoms with van der Waals surface area (Å²) in [4.78, 5) is 52.8. The third-order valence-electron chi connectivity index (χ3n) is 8.69. The number of rotatable bonds is 14. The molecule has 254 valence electrons. The zero-order valence-corrected chi connectivity index (χ0v) is 28.4. The number of nitriles is 1. The van der Waals surface area contributed by atoms with E-state index in [1.165, 1.54) is 16.9 Å². The molecular formula is C37H41N7O5. The van der Waals surface area contributed by atoms with Gasteiger partial charge in [0.15, 0.2) is 0 Å². The number of carbonyl (C=O) groups excluding carboxylic acids is 3. The van der Waals surface area contributed by atoms with Gasteiger partial charge in [-0.15, -0.1) is 0 Å². The van der Waals surface area contributed by atoms with Crippen LogP contribution < -0.4 is 19.3 Å². The van der Waals surface area contributed by atoms with Gasteiger partial charge in [-0.2, -0.15) is 5.26 Å². The van der Waals surface area contributed by atoms with Gasteiger partial charge in [-0.3, -0.25) is 14.5 Å². The highest BCUT2D eigenvalue weighted by Gasteiger charge is 2.23. The molecule has 0 radical (unpaired) electrons. The number of allylic oxidation sites excluding steroid dienone is 1. The number of aromatic nitrogens is 2. The maximum atomic E-state index is 13.8. The molecule has 4 aromatic rings. The molecule has 1 aromatic heterocycles. The number of nitrogens with one attached hydrogen (secondary N) is 1. The summed E-state index contributed by atoms with van der Waals surface area (Å²) in [7, 11) is 5.25. The molecule has 1 aliphatic rings. The number of H-pyrrole nitrogens is 1. The maximum Gasteiger partial charge on any atom is 0.258 e. The highest BCUT2D eigenvalue weighted by atomic mass is 16.5. The van der Waals surface area contributed by atoms with Crippen LogP contribution in [0.15, 0.2) is 60.3 Å². The number of hydrogen-bond donors (Lipinski definition) is 1. The SMILES string of the molecule is COc1cc(C(=O)N(C)c2ccc(C)cc2OCCCCC(=C=O)N2CCN(C)CC2)ccc1N(C=O)c1cccc2[nH]c(CC#N)nc12. The van der Waals surface area contributed by atoms with E-state index in [0.29, 0.717) is 70.4 Å². The molecular weight excluding hydrogens is 622 g/mol. The molecule has 0 unspecified atom stereocenters. The quantitative estimate of drug-likeness (QED) is 0.112. The van der Waals surface area contributed by atoms with E-state index in [4.69, 9.17) is 14.7 Å². The van der Waals surface area contributed by atoms with Crippen LogP contribution in [0.5, 0.6) is 11.5 Å². The van der Waals surface area contributed by atoms with Crippen LogP contribution in [0.3, 0.4) is 0 Å². The molecule has 0 aliphatic carbocycles. The van der Waals surface area contributed by atoms with E-state index in [0.717, 1.165) is 50.3 Å². The van der Waals surface area contributed by atoms with Gasteiger partial charge in [0.2, 0.25) is 6.41 Å². The lowest BCUT2D eigenvalue weighted by Crippen LogP contribution is -2.44. The topological polar surface area (TPSA) is 135 Å². The Balaban J connectivity index is 1.29. The average Bonchev–Trinajstić information content (AvgIpc) is 3.54. The van der Waals surface area contributed by atoms with Crippen molar-refractivity contribution in [1.29, 1.82) is 5.26 Å². The number of methoxy groups -OCH3 is 1. The second kappa shape index (κ2) is 16.0. The van der Waals surface area contributed by atoms with E-state index in [9.17, 15) is 14.4 Å². The first-order valence-electron chi connectivity index (χ1n) is 16.2. The van der Waals surface area contributed by atoms with Crippen molar-refractivity contribution < 1.29 is 23.9 Å². The third kappa shape index (κ3) is 7.92. The summed E-state index contributed by atoms with van der Waals surface area (Å²) < 4.78 is 11.9. The minimum absolute atomic E-state index is 0.105. The molecule has 2 amide bonds. The van der Waals surface area contributed by atoms with Crippen LogP contribution in [0.2, 0.25) is 0 Å². The largest absolute Gasteiger partial charge is 0.495 e. The molecule has 49 heavy (non-hydrogen) atoms. The highest BCUT2D eigenvalue weighted by molar-refractivity contribution is 6.08. The summed E-state index contributed by atoms with van der Waals surface area (Å²) in [6.07, 6.45) is 2.94. The molecule has 1 fully saturated rings. The van der Waals surface area contributed by atoms with Crippen molar-refractivity contribution in [2.24, 2.45) is 0 Å². The number of imidazole rings is 1. The average molecular weight is 664 g/mol. The number of ether oxygens (including phenoxy) is 2. The van der Waals surface area contributed by atoms with Crippen LogP contribution >= 0.6 is 0 Å². The number of hydrogen-bond acceptors (Lipinski definition) is 9. The predicted octanol–water partition coefficient (Wildman–Crippen LogP) is 5.03. The number of unbranched alkanes of at least 4 members (excludes halogenated alkanes) is 1. The van der Waals surface area contributed by atoms with Crippen molar-refractivity contribution >= 4 is 46.4 Å². The lowest BCUT2D eigenvalue weighted by Gasteiger charge is -2.34. The van der Waals surface area contributed by atoms with Crippen molar-refractivity contribution in [2.45, 2.75) is 32.6 Å². The fourth-order valence-corrected chi connectivity index (χ4v) is 5.92. The maximum absolute atomic E-state index is 13.8. The molecule has 5 rings (SSSR count). The number of fused-ring (bicyclic) bond motifs is 1. The number of nitrogens with zero attached hydrogens (tertiary/aromatic N) is 6. The van der Waals surface area contributed by atoms with Gasteiger partial charge in [0.25, 0.3) is 5.91 Å². The summed E-state index contributed by atoms with van der Waals surface area (Å²) in [6, 6.07) is 18.0. The fraction of sp³-hybridized carbons (Fsp3) is 0.351. The molecule has 1 saturated heterocycles. The molecule has 0 atom stereocenters. The Morgan fingerprint density at radius 2 is 1.82 bits per heavy atom. The number of aryl methyl sites for hydroxylation is 1. The minimum Gasteiger partial charge on any atom is -0.495 e. The van der Waals surface area contributed by atoms with E-state index in [1.807, 2.05) is 31.2 Å². The van der Waals surface area contributed by atoms with Crippen LogP contribution in [-0.4, -0.2) is 92.0 Å². The fourth-order valence-electron chi connectivity index (χ4n) is 5.92. The highest BCUT2D eigenvalue weighted by Crippen LogP contribution is 2.37. The van der Waals surface area contributed by atoms with E-state index >= 15 is 0 Å². The second-order valence-electron chi connectivity index (χ2n) is 12.0. The lowest BCUT2D eigenvalue weighted by atomic mass is 10.1. The molecule has 0 bridgehead atoms. The monoisotopic (exact) mass is 663 g/mol. The van der Waals surface area contributed by atoms with Crippen LogP contribution in [-0.2, 0) is 16.0 Å². The minimum atomic E-state index is -0.292.